The van der Waals surface area contributed by atoms with Crippen molar-refractivity contribution in [3.8, 4) is 68.3 Å². The summed E-state index contributed by atoms with van der Waals surface area (Å²) in [6.07, 6.45) is 3.70. The molecule has 2 bridgehead atoms. The van der Waals surface area contributed by atoms with Crippen LogP contribution in [0.5, 0.6) is 0 Å². The predicted octanol–water partition coefficient (Wildman–Crippen LogP) is 12.1. The molecule has 14 rings (SSSR count). The molecule has 0 radical (unpaired) electrons. The Morgan fingerprint density at radius 1 is 0.250 bits per heavy atom. The van der Waals surface area contributed by atoms with E-state index < -0.39 is 0 Å². The zero-order valence-corrected chi connectivity index (χ0v) is 34.2. The lowest BCUT2D eigenvalue weighted by atomic mass is 9.61. The third-order valence-corrected chi connectivity index (χ3v) is 12.6. The van der Waals surface area contributed by atoms with Crippen LogP contribution in [0.1, 0.15) is 45.2 Å². The highest BCUT2D eigenvalue weighted by atomic mass is 15.0. The van der Waals surface area contributed by atoms with Crippen molar-refractivity contribution >= 4 is 21.8 Å². The van der Waals surface area contributed by atoms with Gasteiger partial charge in [0.05, 0.1) is 11.0 Å². The minimum atomic E-state index is 0.0114. The van der Waals surface area contributed by atoms with Gasteiger partial charge in [0.2, 0.25) is 0 Å². The molecule has 8 heteroatoms. The molecule has 4 aromatic heterocycles. The third-order valence-electron chi connectivity index (χ3n) is 12.6. The van der Waals surface area contributed by atoms with Crippen molar-refractivity contribution in [1.29, 1.82) is 0 Å². The second kappa shape index (κ2) is 14.5. The predicted molar refractivity (Wildman–Crippen MR) is 251 cm³/mol. The van der Waals surface area contributed by atoms with Crippen molar-refractivity contribution in [3.05, 3.63) is 228 Å². The highest BCUT2D eigenvalue weighted by molar-refractivity contribution is 5.84. The molecule has 0 N–H and O–H groups in total. The van der Waals surface area contributed by atoms with E-state index in [1.165, 1.54) is 33.4 Å². The number of nitrogens with zero attached hydrogens (tertiary/aromatic N) is 8. The van der Waals surface area contributed by atoms with Gasteiger partial charge in [-0.25, -0.2) is 29.9 Å². The lowest BCUT2D eigenvalue weighted by molar-refractivity contribution is 0.754. The minimum absolute atomic E-state index is 0.0114. The molecule has 0 spiro atoms. The number of hydrogen-bond donors (Lipinski definition) is 0. The van der Waals surface area contributed by atoms with E-state index in [-0.39, 0.29) is 11.8 Å². The molecule has 11 aromatic rings. The van der Waals surface area contributed by atoms with E-state index in [4.69, 9.17) is 39.9 Å². The first kappa shape index (κ1) is 36.1. The Morgan fingerprint density at radius 3 is 1.03 bits per heavy atom. The second-order valence-electron chi connectivity index (χ2n) is 16.4. The standard InChI is InChI=1S/C56H34N8/c1-3-13-33(14-4-1)51-59-53(63-55(61-51)39-27-35-17-7-11-21-47(35)57-31-39)37-23-25-43-45(29-37)49-41-19-9-10-20-42(41)50(43)46-30-38(24-26-44(46)49)54-60-52(34-15-5-2-6-16-34)62-56(64-54)40-28-36-18-8-12-22-48(36)58-32-40/h1-32,49-50H. The average molecular weight is 819 g/mol. The Labute approximate surface area is 368 Å². The molecule has 3 aliphatic carbocycles. The van der Waals surface area contributed by atoms with Gasteiger partial charge in [0, 0.05) is 68.4 Å². The Balaban J connectivity index is 0.938. The van der Waals surface area contributed by atoms with E-state index in [9.17, 15) is 0 Å². The van der Waals surface area contributed by atoms with Crippen molar-refractivity contribution in [1.82, 2.24) is 39.9 Å². The summed E-state index contributed by atoms with van der Waals surface area (Å²) in [4.78, 5) is 40.0. The van der Waals surface area contributed by atoms with Crippen molar-refractivity contribution < 1.29 is 0 Å². The van der Waals surface area contributed by atoms with Crippen LogP contribution in [0.25, 0.3) is 90.1 Å². The molecule has 0 amide bonds. The van der Waals surface area contributed by atoms with E-state index in [2.05, 4.69) is 84.9 Å². The van der Waals surface area contributed by atoms with Gasteiger partial charge < -0.3 is 0 Å². The van der Waals surface area contributed by atoms with Gasteiger partial charge in [0.1, 0.15) is 0 Å². The topological polar surface area (TPSA) is 103 Å². The van der Waals surface area contributed by atoms with Gasteiger partial charge in [-0.05, 0) is 69.8 Å². The largest absolute Gasteiger partial charge is 0.255 e. The monoisotopic (exact) mass is 818 g/mol. The first-order chi connectivity index (χ1) is 31.7. The summed E-state index contributed by atoms with van der Waals surface area (Å²) in [5.41, 5.74) is 15.0. The maximum absolute atomic E-state index is 5.14. The van der Waals surface area contributed by atoms with E-state index in [0.29, 0.717) is 34.9 Å². The summed E-state index contributed by atoms with van der Waals surface area (Å²) < 4.78 is 0. The van der Waals surface area contributed by atoms with Crippen LogP contribution in [-0.2, 0) is 0 Å². The van der Waals surface area contributed by atoms with Gasteiger partial charge in [-0.3, -0.25) is 9.97 Å². The Hall–Kier alpha value is -8.62. The number of benzene rings is 7. The van der Waals surface area contributed by atoms with E-state index in [0.717, 1.165) is 55.2 Å². The molecule has 0 fully saturated rings. The number of aromatic nitrogens is 8. The second-order valence-corrected chi connectivity index (χ2v) is 16.4. The number of hydrogen-bond acceptors (Lipinski definition) is 8. The van der Waals surface area contributed by atoms with Crippen molar-refractivity contribution in [3.63, 3.8) is 0 Å². The van der Waals surface area contributed by atoms with Crippen LogP contribution in [0.2, 0.25) is 0 Å². The number of rotatable bonds is 6. The average Bonchev–Trinajstić information content (AvgIpc) is 3.38. The smallest absolute Gasteiger partial charge is 0.165 e. The minimum Gasteiger partial charge on any atom is -0.255 e. The molecule has 4 heterocycles. The van der Waals surface area contributed by atoms with Crippen LogP contribution in [-0.4, -0.2) is 39.9 Å². The van der Waals surface area contributed by atoms with Crippen LogP contribution >= 0.6 is 0 Å². The normalized spacial score (nSPS) is 14.6. The Kier molecular flexibility index (Phi) is 8.17. The molecule has 7 aromatic carbocycles. The molecule has 0 saturated heterocycles. The van der Waals surface area contributed by atoms with Crippen LogP contribution in [0.3, 0.4) is 0 Å². The Morgan fingerprint density at radius 2 is 0.594 bits per heavy atom. The maximum atomic E-state index is 5.14. The molecule has 2 unspecified atom stereocenters. The lowest BCUT2D eigenvalue weighted by Gasteiger charge is -2.42. The van der Waals surface area contributed by atoms with Gasteiger partial charge in [-0.15, -0.1) is 0 Å². The lowest BCUT2D eigenvalue weighted by Crippen LogP contribution is -2.27. The zero-order valence-electron chi connectivity index (χ0n) is 34.2. The van der Waals surface area contributed by atoms with Crippen molar-refractivity contribution in [2.75, 3.05) is 0 Å². The quantitative estimate of drug-likeness (QED) is 0.163. The zero-order chi connectivity index (χ0) is 42.1. The molecule has 3 aliphatic rings. The summed E-state index contributed by atoms with van der Waals surface area (Å²) in [5, 5.41) is 2.06. The first-order valence-electron chi connectivity index (χ1n) is 21.4. The van der Waals surface area contributed by atoms with Crippen LogP contribution < -0.4 is 0 Å². The maximum Gasteiger partial charge on any atom is 0.165 e. The van der Waals surface area contributed by atoms with Crippen molar-refractivity contribution in [2.24, 2.45) is 0 Å². The van der Waals surface area contributed by atoms with Crippen molar-refractivity contribution in [2.45, 2.75) is 11.8 Å². The molecule has 0 aliphatic heterocycles. The molecule has 2 atom stereocenters. The molecular formula is C56H34N8. The van der Waals surface area contributed by atoms with Gasteiger partial charge in [-0.2, -0.15) is 0 Å². The fourth-order valence-corrected chi connectivity index (χ4v) is 9.58. The molecule has 8 nitrogen and oxygen atoms in total. The summed E-state index contributed by atoms with van der Waals surface area (Å²) in [6, 6.07) is 63.0. The summed E-state index contributed by atoms with van der Waals surface area (Å²) in [6.45, 7) is 0. The molecule has 298 valence electrons. The van der Waals surface area contributed by atoms with Crippen LogP contribution in [0.15, 0.2) is 194 Å². The molecule has 64 heavy (non-hydrogen) atoms. The highest BCUT2D eigenvalue weighted by Crippen LogP contribution is 2.56. The number of para-hydroxylation sites is 2. The summed E-state index contributed by atoms with van der Waals surface area (Å²) >= 11 is 0. The summed E-state index contributed by atoms with van der Waals surface area (Å²) in [5.74, 6) is 3.65. The molecule has 0 saturated carbocycles. The fraction of sp³-hybridized carbons (Fsp3) is 0.0357. The highest BCUT2D eigenvalue weighted by Gasteiger charge is 2.41. The van der Waals surface area contributed by atoms with Crippen LogP contribution in [0.4, 0.5) is 0 Å². The summed E-state index contributed by atoms with van der Waals surface area (Å²) in [7, 11) is 0. The van der Waals surface area contributed by atoms with Gasteiger partial charge in [0.15, 0.2) is 34.9 Å². The first-order valence-corrected chi connectivity index (χ1v) is 21.4. The van der Waals surface area contributed by atoms with E-state index in [1.807, 2.05) is 109 Å². The van der Waals surface area contributed by atoms with Gasteiger partial charge >= 0.3 is 0 Å². The molecular weight excluding hydrogens is 785 g/mol. The van der Waals surface area contributed by atoms with Gasteiger partial charge in [0.25, 0.3) is 0 Å². The Bertz CT molecular complexity index is 3410. The SMILES string of the molecule is c1ccc(-c2nc(-c3ccc4c(c3)C3c5ccccc5C4c4cc(-c5nc(-c6ccccc6)nc(-c6cnc7ccccc7c6)n5)ccc43)nc(-c3cnc4ccccc4c3)n2)cc1. The number of pyridine rings is 2. The van der Waals surface area contributed by atoms with Gasteiger partial charge in [-0.1, -0.05) is 146 Å². The van der Waals surface area contributed by atoms with E-state index >= 15 is 0 Å². The fourth-order valence-electron chi connectivity index (χ4n) is 9.58. The van der Waals surface area contributed by atoms with E-state index in [1.54, 1.807) is 0 Å². The number of fused-ring (bicyclic) bond motifs is 2. The van der Waals surface area contributed by atoms with Crippen LogP contribution in [0, 0.1) is 0 Å². The third kappa shape index (κ3) is 5.99.